The fourth-order valence-corrected chi connectivity index (χ4v) is 9.15. The van der Waals surface area contributed by atoms with Crippen LogP contribution < -0.4 is 28.3 Å². The monoisotopic (exact) mass is 604 g/mol. The molecule has 0 atom stereocenters. The summed E-state index contributed by atoms with van der Waals surface area (Å²) in [7, 11) is -1.72. The molecule has 3 heteroatoms. The summed E-state index contributed by atoms with van der Waals surface area (Å²) in [6.45, 7) is 0. The molecule has 0 aliphatic rings. The molecule has 34 heavy (non-hydrogen) atoms. The van der Waals surface area contributed by atoms with Crippen molar-refractivity contribution in [3.8, 4) is 0 Å². The van der Waals surface area contributed by atoms with Gasteiger partial charge in [-0.3, -0.25) is 0 Å². The van der Waals surface area contributed by atoms with Crippen LogP contribution in [-0.4, -0.2) is 10.6 Å². The summed E-state index contributed by atoms with van der Waals surface area (Å²) in [5.74, 6) is 0. The number of rotatable bonds is 15. The van der Waals surface area contributed by atoms with Crippen LogP contribution >= 0.6 is 29.9 Å². The second-order valence-electron chi connectivity index (χ2n) is 8.78. The molecule has 0 radical (unpaired) electrons. The Morgan fingerprint density at radius 2 is 0.882 bits per heavy atom. The molecule has 0 nitrogen and oxygen atoms in total. The highest BCUT2D eigenvalue weighted by Gasteiger charge is 2.43. The average Bonchev–Trinajstić information content (AvgIpc) is 2.89. The summed E-state index contributed by atoms with van der Waals surface area (Å²) in [5, 5.41) is 4.40. The summed E-state index contributed by atoms with van der Waals surface area (Å²) in [4.78, 5) is 0. The molecule has 0 heterocycles. The predicted molar refractivity (Wildman–Crippen MR) is 160 cm³/mol. The molecule has 0 bridgehead atoms. The van der Waals surface area contributed by atoms with Crippen LogP contribution in [0.4, 0.5) is 0 Å². The lowest BCUT2D eigenvalue weighted by atomic mass is 10.1. The largest absolute Gasteiger partial charge is 1.00 e. The summed E-state index contributed by atoms with van der Waals surface area (Å²) >= 11 is 2.49. The van der Waals surface area contributed by atoms with Gasteiger partial charge in [0.25, 0.3) is 0 Å². The first-order valence-electron chi connectivity index (χ1n) is 12.6. The molecule has 3 rings (SSSR count). The van der Waals surface area contributed by atoms with Gasteiger partial charge in [0.2, 0.25) is 0 Å². The number of halogens is 2. The molecule has 0 N–H and O–H groups in total. The van der Waals surface area contributed by atoms with Crippen LogP contribution in [0.2, 0.25) is 0 Å². The van der Waals surface area contributed by atoms with Crippen molar-refractivity contribution >= 4 is 45.8 Å². The molecule has 0 aliphatic heterocycles. The maximum absolute atomic E-state index is 2.49. The molecule has 182 valence electrons. The van der Waals surface area contributed by atoms with E-state index in [0.29, 0.717) is 0 Å². The second-order valence-corrected chi connectivity index (χ2v) is 13.4. The SMILES string of the molecule is ICCCCCCCCCCC=CC[P+](c1ccccc1)(c1ccccc1)c1ccccc1.[Cl-]. The van der Waals surface area contributed by atoms with Crippen molar-refractivity contribution in [2.24, 2.45) is 0 Å². The van der Waals surface area contributed by atoms with Gasteiger partial charge in [-0.25, -0.2) is 0 Å². The first-order valence-corrected chi connectivity index (χ1v) is 16.1. The van der Waals surface area contributed by atoms with Crippen LogP contribution in [-0.2, 0) is 0 Å². The molecule has 0 saturated heterocycles. The zero-order chi connectivity index (χ0) is 23.0. The van der Waals surface area contributed by atoms with Gasteiger partial charge in [0.15, 0.2) is 0 Å². The maximum atomic E-state index is 2.49. The lowest BCUT2D eigenvalue weighted by molar-refractivity contribution is -0.00000648. The van der Waals surface area contributed by atoms with E-state index in [1.54, 1.807) is 0 Å². The fraction of sp³-hybridized carbons (Fsp3) is 0.355. The topological polar surface area (TPSA) is 0 Å². The van der Waals surface area contributed by atoms with Crippen LogP contribution in [0, 0.1) is 0 Å². The Morgan fingerprint density at radius 3 is 1.29 bits per heavy atom. The normalized spacial score (nSPS) is 11.4. The molecule has 3 aromatic carbocycles. The molecule has 0 aliphatic carbocycles. The summed E-state index contributed by atoms with van der Waals surface area (Å²) in [6, 6.07) is 33.6. The third-order valence-corrected chi connectivity index (χ3v) is 11.5. The first kappa shape index (κ1) is 29.1. The minimum atomic E-state index is -1.72. The maximum Gasteiger partial charge on any atom is 0.115 e. The van der Waals surface area contributed by atoms with Crippen LogP contribution in [0.5, 0.6) is 0 Å². The third-order valence-electron chi connectivity index (χ3n) is 6.39. The molecule has 0 fully saturated rings. The second kappa shape index (κ2) is 17.3. The van der Waals surface area contributed by atoms with E-state index in [1.807, 2.05) is 0 Å². The number of hydrogen-bond donors (Lipinski definition) is 0. The molecule has 0 unspecified atom stereocenters. The van der Waals surface area contributed by atoms with E-state index in [2.05, 4.69) is 126 Å². The van der Waals surface area contributed by atoms with Crippen LogP contribution in [0.25, 0.3) is 0 Å². The number of alkyl halides is 1. The van der Waals surface area contributed by atoms with Gasteiger partial charge in [-0.1, -0.05) is 128 Å². The molecule has 0 aromatic heterocycles. The lowest BCUT2D eigenvalue weighted by Gasteiger charge is -2.26. The standard InChI is InChI=1S/C31H39IP.ClH/c32-27-19-8-6-4-2-1-3-5-7-9-20-28-33(29-21-13-10-14-22-29,30-23-15-11-16-24-30)31-25-17-12-18-26-31;/h9-18,20-26H,1-8,19,27-28H2;1H/q+1;/p-1. The van der Waals surface area contributed by atoms with Crippen LogP contribution in [0.3, 0.4) is 0 Å². The van der Waals surface area contributed by atoms with Crippen molar-refractivity contribution in [1.82, 2.24) is 0 Å². The summed E-state index contributed by atoms with van der Waals surface area (Å²) in [6.07, 6.45) is 18.4. The first-order chi connectivity index (χ1) is 16.4. The van der Waals surface area contributed by atoms with Gasteiger partial charge in [-0.05, 0) is 60.1 Å². The molecular formula is C31H39ClIP. The van der Waals surface area contributed by atoms with Gasteiger partial charge in [0.1, 0.15) is 23.2 Å². The van der Waals surface area contributed by atoms with Gasteiger partial charge >= 0.3 is 0 Å². The van der Waals surface area contributed by atoms with Crippen molar-refractivity contribution in [2.45, 2.75) is 57.8 Å². The number of hydrogen-bond acceptors (Lipinski definition) is 0. The fourth-order valence-electron chi connectivity index (χ4n) is 4.58. The zero-order valence-electron chi connectivity index (χ0n) is 20.3. The van der Waals surface area contributed by atoms with Crippen molar-refractivity contribution in [3.63, 3.8) is 0 Å². The van der Waals surface area contributed by atoms with E-state index in [1.165, 1.54) is 78.1 Å². The average molecular weight is 605 g/mol. The van der Waals surface area contributed by atoms with E-state index in [4.69, 9.17) is 0 Å². The third kappa shape index (κ3) is 8.81. The van der Waals surface area contributed by atoms with Crippen molar-refractivity contribution < 1.29 is 12.4 Å². The highest BCUT2D eigenvalue weighted by molar-refractivity contribution is 14.1. The highest BCUT2D eigenvalue weighted by Crippen LogP contribution is 2.55. The molecule has 0 amide bonds. The number of unbranched alkanes of at least 4 members (excludes halogenated alkanes) is 8. The Bertz CT molecular complexity index is 815. The van der Waals surface area contributed by atoms with Crippen molar-refractivity contribution in [1.29, 1.82) is 0 Å². The van der Waals surface area contributed by atoms with E-state index < -0.39 is 7.26 Å². The summed E-state index contributed by atoms with van der Waals surface area (Å²) < 4.78 is 1.31. The van der Waals surface area contributed by atoms with Crippen LogP contribution in [0.15, 0.2) is 103 Å². The van der Waals surface area contributed by atoms with Gasteiger partial charge in [0, 0.05) is 0 Å². The Kier molecular flexibility index (Phi) is 14.8. The zero-order valence-corrected chi connectivity index (χ0v) is 24.1. The summed E-state index contributed by atoms with van der Waals surface area (Å²) in [5.41, 5.74) is 0. The molecule has 0 spiro atoms. The van der Waals surface area contributed by atoms with Gasteiger partial charge < -0.3 is 12.4 Å². The van der Waals surface area contributed by atoms with Gasteiger partial charge in [-0.15, -0.1) is 0 Å². The smallest absolute Gasteiger partial charge is 0.115 e. The Morgan fingerprint density at radius 1 is 0.500 bits per heavy atom. The Hall–Kier alpha value is -1.15. The van der Waals surface area contributed by atoms with Gasteiger partial charge in [-0.2, -0.15) is 0 Å². The van der Waals surface area contributed by atoms with Gasteiger partial charge in [0.05, 0.1) is 6.16 Å². The predicted octanol–water partition coefficient (Wildman–Crippen LogP) is 5.49. The lowest BCUT2D eigenvalue weighted by Crippen LogP contribution is -3.00. The van der Waals surface area contributed by atoms with Crippen molar-refractivity contribution in [3.05, 3.63) is 103 Å². The van der Waals surface area contributed by atoms with E-state index >= 15 is 0 Å². The highest BCUT2D eigenvalue weighted by atomic mass is 127. The Labute approximate surface area is 228 Å². The molecule has 3 aromatic rings. The number of allylic oxidation sites excluding steroid dienone is 2. The quantitative estimate of drug-likeness (QED) is 0.0708. The molecule has 0 saturated carbocycles. The Balaban J connectivity index is 0.00000408. The van der Waals surface area contributed by atoms with Crippen LogP contribution in [0.1, 0.15) is 57.8 Å². The minimum absolute atomic E-state index is 0. The molecular weight excluding hydrogens is 566 g/mol. The van der Waals surface area contributed by atoms with E-state index in [0.717, 1.165) is 6.16 Å². The van der Waals surface area contributed by atoms with E-state index in [9.17, 15) is 0 Å². The number of benzene rings is 3. The minimum Gasteiger partial charge on any atom is -1.00 e. The van der Waals surface area contributed by atoms with E-state index in [-0.39, 0.29) is 12.4 Å². The van der Waals surface area contributed by atoms with Crippen molar-refractivity contribution in [2.75, 3.05) is 10.6 Å².